The number of hydrogen-bond donors (Lipinski definition) is 1. The van der Waals surface area contributed by atoms with Crippen LogP contribution in [0.1, 0.15) is 78.1 Å². The second-order valence-corrected chi connectivity index (χ2v) is 5.24. The molecule has 1 unspecified atom stereocenters. The molecule has 0 aromatic carbocycles. The predicted molar refractivity (Wildman–Crippen MR) is 76.5 cm³/mol. The highest BCUT2D eigenvalue weighted by Crippen LogP contribution is 2.10. The molecule has 3 nitrogen and oxygen atoms in total. The van der Waals surface area contributed by atoms with E-state index in [9.17, 15) is 4.79 Å². The van der Waals surface area contributed by atoms with Crippen molar-refractivity contribution in [3.8, 4) is 0 Å². The molecule has 0 aliphatic rings. The number of unbranched alkanes of at least 4 members (excludes halogenated alkanes) is 8. The molecule has 0 rings (SSSR count). The lowest BCUT2D eigenvalue weighted by molar-refractivity contribution is -0.144. The zero-order valence-electron chi connectivity index (χ0n) is 12.2. The third kappa shape index (κ3) is 13.5. The van der Waals surface area contributed by atoms with E-state index in [1.807, 2.05) is 6.92 Å². The summed E-state index contributed by atoms with van der Waals surface area (Å²) in [4.78, 5) is 11.3. The number of rotatable bonds is 12. The van der Waals surface area contributed by atoms with Gasteiger partial charge in [0.05, 0.1) is 0 Å². The maximum Gasteiger partial charge on any atom is 0.305 e. The molecular weight excluding hydrogens is 226 g/mol. The first kappa shape index (κ1) is 17.4. The van der Waals surface area contributed by atoms with E-state index in [0.717, 1.165) is 12.8 Å². The van der Waals surface area contributed by atoms with Crippen LogP contribution in [0.25, 0.3) is 0 Å². The standard InChI is InChI=1S/C15H31NO2/c1-3-4-5-6-7-8-9-10-11-12-15(17)18-13-14(2)16/h14H,3-13,16H2,1-2H3. The molecule has 2 N–H and O–H groups in total. The summed E-state index contributed by atoms with van der Waals surface area (Å²) in [5, 5.41) is 0. The molecule has 0 aliphatic carbocycles. The smallest absolute Gasteiger partial charge is 0.305 e. The van der Waals surface area contributed by atoms with E-state index < -0.39 is 0 Å². The van der Waals surface area contributed by atoms with Crippen molar-refractivity contribution < 1.29 is 9.53 Å². The van der Waals surface area contributed by atoms with Gasteiger partial charge in [0.15, 0.2) is 0 Å². The molecule has 0 aromatic rings. The van der Waals surface area contributed by atoms with Gasteiger partial charge >= 0.3 is 5.97 Å². The average Bonchev–Trinajstić information content (AvgIpc) is 2.34. The normalized spacial score (nSPS) is 12.4. The molecule has 0 amide bonds. The summed E-state index contributed by atoms with van der Waals surface area (Å²) in [6, 6.07) is -0.0583. The average molecular weight is 257 g/mol. The third-order valence-electron chi connectivity index (χ3n) is 2.99. The number of hydrogen-bond acceptors (Lipinski definition) is 3. The van der Waals surface area contributed by atoms with E-state index in [-0.39, 0.29) is 12.0 Å². The Kier molecular flexibility index (Phi) is 12.5. The lowest BCUT2D eigenvalue weighted by Gasteiger charge is -2.07. The second kappa shape index (κ2) is 12.9. The van der Waals surface area contributed by atoms with Crippen molar-refractivity contribution in [2.24, 2.45) is 5.73 Å². The number of carbonyl (C=O) groups is 1. The largest absolute Gasteiger partial charge is 0.464 e. The third-order valence-corrected chi connectivity index (χ3v) is 2.99. The van der Waals surface area contributed by atoms with Crippen molar-refractivity contribution >= 4 is 5.97 Å². The molecule has 0 fully saturated rings. The van der Waals surface area contributed by atoms with Gasteiger partial charge in [0, 0.05) is 12.5 Å². The van der Waals surface area contributed by atoms with Crippen LogP contribution in [-0.4, -0.2) is 18.6 Å². The lowest BCUT2D eigenvalue weighted by atomic mass is 10.1. The quantitative estimate of drug-likeness (QED) is 0.427. The van der Waals surface area contributed by atoms with Crippen LogP contribution in [0.2, 0.25) is 0 Å². The van der Waals surface area contributed by atoms with Crippen LogP contribution in [-0.2, 0) is 9.53 Å². The second-order valence-electron chi connectivity index (χ2n) is 5.24. The molecule has 0 saturated carbocycles. The minimum absolute atomic E-state index is 0.0583. The molecular formula is C15H31NO2. The van der Waals surface area contributed by atoms with Gasteiger partial charge in [-0.2, -0.15) is 0 Å². The van der Waals surface area contributed by atoms with Gasteiger partial charge in [-0.15, -0.1) is 0 Å². The molecule has 0 spiro atoms. The molecule has 1 atom stereocenters. The van der Waals surface area contributed by atoms with E-state index in [1.54, 1.807) is 0 Å². The van der Waals surface area contributed by atoms with Gasteiger partial charge in [0.2, 0.25) is 0 Å². The molecule has 0 heterocycles. The van der Waals surface area contributed by atoms with Gasteiger partial charge in [-0.1, -0.05) is 58.3 Å². The first-order chi connectivity index (χ1) is 8.66. The van der Waals surface area contributed by atoms with E-state index in [1.165, 1.54) is 44.9 Å². The first-order valence-corrected chi connectivity index (χ1v) is 7.58. The summed E-state index contributed by atoms with van der Waals surface area (Å²) in [5.74, 6) is -0.102. The minimum Gasteiger partial charge on any atom is -0.464 e. The summed E-state index contributed by atoms with van der Waals surface area (Å²) in [6.45, 7) is 4.42. The van der Waals surface area contributed by atoms with Gasteiger partial charge in [0.25, 0.3) is 0 Å². The summed E-state index contributed by atoms with van der Waals surface area (Å²) in [7, 11) is 0. The highest BCUT2D eigenvalue weighted by molar-refractivity contribution is 5.69. The zero-order valence-corrected chi connectivity index (χ0v) is 12.2. The first-order valence-electron chi connectivity index (χ1n) is 7.58. The number of nitrogens with two attached hydrogens (primary N) is 1. The summed E-state index contributed by atoms with van der Waals surface area (Å²) in [6.07, 6.45) is 11.9. The van der Waals surface area contributed by atoms with Crippen LogP contribution in [0.15, 0.2) is 0 Å². The van der Waals surface area contributed by atoms with E-state index in [2.05, 4.69) is 6.92 Å². The molecule has 0 aliphatic heterocycles. The van der Waals surface area contributed by atoms with Crippen LogP contribution in [0, 0.1) is 0 Å². The summed E-state index contributed by atoms with van der Waals surface area (Å²) >= 11 is 0. The van der Waals surface area contributed by atoms with E-state index in [4.69, 9.17) is 10.5 Å². The Morgan fingerprint density at radius 1 is 1.00 bits per heavy atom. The Morgan fingerprint density at radius 3 is 2.00 bits per heavy atom. The topological polar surface area (TPSA) is 52.3 Å². The fraction of sp³-hybridized carbons (Fsp3) is 0.933. The van der Waals surface area contributed by atoms with Crippen molar-refractivity contribution in [2.45, 2.75) is 84.1 Å². The molecule has 3 heteroatoms. The van der Waals surface area contributed by atoms with Crippen LogP contribution in [0.4, 0.5) is 0 Å². The van der Waals surface area contributed by atoms with E-state index >= 15 is 0 Å². The fourth-order valence-electron chi connectivity index (χ4n) is 1.88. The van der Waals surface area contributed by atoms with Crippen molar-refractivity contribution in [1.82, 2.24) is 0 Å². The summed E-state index contributed by atoms with van der Waals surface area (Å²) in [5.41, 5.74) is 5.51. The Morgan fingerprint density at radius 2 is 1.50 bits per heavy atom. The number of esters is 1. The van der Waals surface area contributed by atoms with Crippen molar-refractivity contribution in [1.29, 1.82) is 0 Å². The van der Waals surface area contributed by atoms with Crippen LogP contribution in [0.5, 0.6) is 0 Å². The SMILES string of the molecule is CCCCCCCCCCCC(=O)OCC(C)N. The van der Waals surface area contributed by atoms with Crippen LogP contribution >= 0.6 is 0 Å². The van der Waals surface area contributed by atoms with Gasteiger partial charge in [-0.05, 0) is 13.3 Å². The van der Waals surface area contributed by atoms with Crippen molar-refractivity contribution in [3.05, 3.63) is 0 Å². The predicted octanol–water partition coefficient (Wildman–Crippen LogP) is 3.80. The molecule has 0 bridgehead atoms. The maximum absolute atomic E-state index is 11.3. The van der Waals surface area contributed by atoms with E-state index in [0.29, 0.717) is 13.0 Å². The molecule has 0 saturated heterocycles. The highest BCUT2D eigenvalue weighted by Gasteiger charge is 2.03. The fourth-order valence-corrected chi connectivity index (χ4v) is 1.88. The van der Waals surface area contributed by atoms with Crippen LogP contribution in [0.3, 0.4) is 0 Å². The lowest BCUT2D eigenvalue weighted by Crippen LogP contribution is -2.23. The Labute approximate surface area is 112 Å². The highest BCUT2D eigenvalue weighted by atomic mass is 16.5. The van der Waals surface area contributed by atoms with Gasteiger partial charge < -0.3 is 10.5 Å². The number of ether oxygens (including phenoxy) is 1. The van der Waals surface area contributed by atoms with Gasteiger partial charge in [-0.25, -0.2) is 0 Å². The Balaban J connectivity index is 3.12. The Bertz CT molecular complexity index is 193. The minimum atomic E-state index is -0.102. The molecule has 0 aromatic heterocycles. The summed E-state index contributed by atoms with van der Waals surface area (Å²) < 4.78 is 5.01. The molecule has 18 heavy (non-hydrogen) atoms. The number of carbonyl (C=O) groups excluding carboxylic acids is 1. The van der Waals surface area contributed by atoms with Gasteiger partial charge in [-0.3, -0.25) is 4.79 Å². The van der Waals surface area contributed by atoms with Crippen molar-refractivity contribution in [3.63, 3.8) is 0 Å². The van der Waals surface area contributed by atoms with Crippen molar-refractivity contribution in [2.75, 3.05) is 6.61 Å². The zero-order chi connectivity index (χ0) is 13.6. The molecule has 0 radical (unpaired) electrons. The monoisotopic (exact) mass is 257 g/mol. The maximum atomic E-state index is 11.3. The Hall–Kier alpha value is -0.570. The van der Waals surface area contributed by atoms with Crippen LogP contribution < -0.4 is 5.73 Å². The molecule has 108 valence electrons. The van der Waals surface area contributed by atoms with Gasteiger partial charge in [0.1, 0.15) is 6.61 Å².